The molecule has 0 aromatic heterocycles. The fraction of sp³-hybridized carbons (Fsp3) is 0.137. The van der Waals surface area contributed by atoms with Crippen molar-refractivity contribution in [2.45, 2.75) is 48.5 Å². The third-order valence-corrected chi connectivity index (χ3v) is 12.7. The SMILES string of the molecule is C=Cc1cc(C)c(-c2cc3c4c(c2)N2c5cc(-c6c(C)cccc6C)cc6c5B(c5cc(C)ccc5O6)c5cc(C)cc(c52)B4c2cc(C)ccc2O3)c(C)c1. The smallest absolute Gasteiger partial charge is 0.256 e. The van der Waals surface area contributed by atoms with Gasteiger partial charge in [-0.1, -0.05) is 96.1 Å². The molecule has 0 unspecified atom stereocenters. The molecule has 0 bridgehead atoms. The van der Waals surface area contributed by atoms with Crippen LogP contribution < -0.4 is 47.2 Å². The minimum absolute atomic E-state index is 0.00701. The molecule has 0 spiro atoms. The summed E-state index contributed by atoms with van der Waals surface area (Å²) in [6.07, 6.45) is 1.94. The van der Waals surface area contributed by atoms with Crippen LogP contribution in [-0.4, -0.2) is 13.4 Å². The molecule has 56 heavy (non-hydrogen) atoms. The molecule has 0 saturated heterocycles. The molecule has 3 nitrogen and oxygen atoms in total. The zero-order valence-electron chi connectivity index (χ0n) is 33.0. The zero-order chi connectivity index (χ0) is 38.3. The molecular formula is C51H41B2NO2. The first kappa shape index (κ1) is 33.2. The summed E-state index contributed by atoms with van der Waals surface area (Å²) in [6, 6.07) is 38.8. The van der Waals surface area contributed by atoms with Crippen LogP contribution in [0.3, 0.4) is 0 Å². The van der Waals surface area contributed by atoms with E-state index in [1.165, 1.54) is 94.2 Å². The molecule has 7 aromatic rings. The molecule has 0 radical (unpaired) electrons. The molecule has 0 N–H and O–H groups in total. The topological polar surface area (TPSA) is 21.7 Å². The Kier molecular flexibility index (Phi) is 6.91. The van der Waals surface area contributed by atoms with Crippen LogP contribution in [0.1, 0.15) is 44.5 Å². The number of benzene rings is 7. The predicted molar refractivity (Wildman–Crippen MR) is 238 cm³/mol. The molecule has 4 heterocycles. The van der Waals surface area contributed by atoms with E-state index in [0.717, 1.165) is 45.4 Å². The Morgan fingerprint density at radius 2 is 0.946 bits per heavy atom. The summed E-state index contributed by atoms with van der Waals surface area (Å²) in [5, 5.41) is 0. The van der Waals surface area contributed by atoms with Crippen LogP contribution >= 0.6 is 0 Å². The molecule has 4 aliphatic rings. The second-order valence-electron chi connectivity index (χ2n) is 16.6. The number of anilines is 3. The fourth-order valence-electron chi connectivity index (χ4n) is 10.5. The molecule has 7 aromatic carbocycles. The van der Waals surface area contributed by atoms with Gasteiger partial charge in [-0.05, 0) is 168 Å². The third kappa shape index (κ3) is 4.55. The first-order valence-corrected chi connectivity index (χ1v) is 19.8. The van der Waals surface area contributed by atoms with Gasteiger partial charge in [-0.3, -0.25) is 0 Å². The van der Waals surface area contributed by atoms with Gasteiger partial charge in [-0.25, -0.2) is 0 Å². The van der Waals surface area contributed by atoms with Crippen LogP contribution in [-0.2, 0) is 0 Å². The number of hydrogen-bond acceptors (Lipinski definition) is 3. The molecular weight excluding hydrogens is 680 g/mol. The Labute approximate surface area is 330 Å². The lowest BCUT2D eigenvalue weighted by Gasteiger charge is -2.47. The van der Waals surface area contributed by atoms with Gasteiger partial charge in [0, 0.05) is 17.1 Å². The Balaban J connectivity index is 1.29. The van der Waals surface area contributed by atoms with Crippen molar-refractivity contribution in [3.63, 3.8) is 0 Å². The fourth-order valence-corrected chi connectivity index (χ4v) is 10.5. The first-order chi connectivity index (χ1) is 27.1. The number of ether oxygens (including phenoxy) is 2. The van der Waals surface area contributed by atoms with Crippen molar-refractivity contribution in [1.29, 1.82) is 0 Å². The number of fused-ring (bicyclic) bond motifs is 8. The van der Waals surface area contributed by atoms with Crippen molar-refractivity contribution in [3.05, 3.63) is 154 Å². The molecule has 0 atom stereocenters. The quantitative estimate of drug-likeness (QED) is 0.170. The van der Waals surface area contributed by atoms with Gasteiger partial charge in [0.2, 0.25) is 0 Å². The lowest BCUT2D eigenvalue weighted by molar-refractivity contribution is 0.487. The summed E-state index contributed by atoms with van der Waals surface area (Å²) >= 11 is 0. The van der Waals surface area contributed by atoms with Crippen LogP contribution in [0.4, 0.5) is 17.1 Å². The average Bonchev–Trinajstić information content (AvgIpc) is 3.16. The van der Waals surface area contributed by atoms with Crippen LogP contribution in [0.5, 0.6) is 23.0 Å². The van der Waals surface area contributed by atoms with Gasteiger partial charge >= 0.3 is 0 Å². The minimum atomic E-state index is 0.00701. The maximum absolute atomic E-state index is 7.03. The van der Waals surface area contributed by atoms with E-state index in [4.69, 9.17) is 9.47 Å². The van der Waals surface area contributed by atoms with Crippen molar-refractivity contribution in [2.75, 3.05) is 4.90 Å². The third-order valence-electron chi connectivity index (χ3n) is 12.7. The van der Waals surface area contributed by atoms with Gasteiger partial charge in [-0.15, -0.1) is 0 Å². The summed E-state index contributed by atoms with van der Waals surface area (Å²) in [7, 11) is 0. The van der Waals surface area contributed by atoms with E-state index in [1.54, 1.807) is 0 Å². The number of nitrogens with zero attached hydrogens (tertiary/aromatic N) is 1. The molecule has 0 saturated carbocycles. The van der Waals surface area contributed by atoms with E-state index >= 15 is 0 Å². The Morgan fingerprint density at radius 3 is 1.43 bits per heavy atom. The van der Waals surface area contributed by atoms with Gasteiger partial charge in [-0.2, -0.15) is 0 Å². The largest absolute Gasteiger partial charge is 0.458 e. The van der Waals surface area contributed by atoms with Gasteiger partial charge < -0.3 is 14.4 Å². The normalized spacial score (nSPS) is 13.5. The number of aryl methyl sites for hydroxylation is 7. The molecule has 0 aliphatic carbocycles. The molecule has 4 aliphatic heterocycles. The predicted octanol–water partition coefficient (Wildman–Crippen LogP) is 9.16. The molecule has 5 heteroatoms. The Bertz CT molecular complexity index is 2880. The van der Waals surface area contributed by atoms with E-state index in [2.05, 4.69) is 163 Å². The second-order valence-corrected chi connectivity index (χ2v) is 16.6. The van der Waals surface area contributed by atoms with E-state index in [-0.39, 0.29) is 13.4 Å². The van der Waals surface area contributed by atoms with Crippen LogP contribution in [0.25, 0.3) is 28.3 Å². The van der Waals surface area contributed by atoms with Gasteiger partial charge in [0.05, 0.1) is 0 Å². The molecule has 11 rings (SSSR count). The molecule has 0 fully saturated rings. The Hall–Kier alpha value is -6.19. The maximum Gasteiger partial charge on any atom is 0.256 e. The van der Waals surface area contributed by atoms with Crippen LogP contribution in [0.2, 0.25) is 0 Å². The van der Waals surface area contributed by atoms with E-state index in [1.807, 2.05) is 6.08 Å². The summed E-state index contributed by atoms with van der Waals surface area (Å²) in [5.74, 6) is 3.70. The summed E-state index contributed by atoms with van der Waals surface area (Å²) in [6.45, 7) is 19.6. The van der Waals surface area contributed by atoms with Gasteiger partial charge in [0.25, 0.3) is 13.4 Å². The van der Waals surface area contributed by atoms with Crippen molar-refractivity contribution < 1.29 is 9.47 Å². The van der Waals surface area contributed by atoms with Crippen molar-refractivity contribution >= 4 is 69.3 Å². The zero-order valence-corrected chi connectivity index (χ0v) is 33.0. The number of hydrogen-bond donors (Lipinski definition) is 0. The monoisotopic (exact) mass is 721 g/mol. The average molecular weight is 722 g/mol. The van der Waals surface area contributed by atoms with Crippen molar-refractivity contribution in [2.24, 2.45) is 0 Å². The standard InChI is InChI=1S/C51H41B2NO2/c1-9-34-21-32(7)48(33(8)22-34)36-24-42-50-46(26-36)56-44-16-14-28(3)18-38(44)53(50)40-20-29(4)19-39-51(40)54(42)41-23-35(47-30(5)11-10-12-31(47)6)25-45-49(41)52(39)37-17-27(2)13-15-43(37)55-45/h9-26H,1H2,2-8H3. The van der Waals surface area contributed by atoms with Crippen LogP contribution in [0, 0.1) is 48.5 Å². The summed E-state index contributed by atoms with van der Waals surface area (Å²) < 4.78 is 14.1. The highest BCUT2D eigenvalue weighted by molar-refractivity contribution is 7.03. The molecule has 268 valence electrons. The second kappa shape index (κ2) is 11.7. The number of rotatable bonds is 3. The highest BCUT2D eigenvalue weighted by atomic mass is 16.5. The maximum atomic E-state index is 7.03. The first-order valence-electron chi connectivity index (χ1n) is 19.8. The summed E-state index contributed by atoms with van der Waals surface area (Å²) in [4.78, 5) is 2.58. The van der Waals surface area contributed by atoms with Crippen LogP contribution in [0.15, 0.2) is 110 Å². The lowest BCUT2D eigenvalue weighted by Crippen LogP contribution is -2.66. The van der Waals surface area contributed by atoms with E-state index < -0.39 is 0 Å². The minimum Gasteiger partial charge on any atom is -0.458 e. The van der Waals surface area contributed by atoms with E-state index in [9.17, 15) is 0 Å². The van der Waals surface area contributed by atoms with Crippen molar-refractivity contribution in [3.8, 4) is 45.3 Å². The lowest BCUT2D eigenvalue weighted by atomic mass is 9.29. The highest BCUT2D eigenvalue weighted by Gasteiger charge is 2.49. The van der Waals surface area contributed by atoms with Gasteiger partial charge in [0.15, 0.2) is 0 Å². The summed E-state index contributed by atoms with van der Waals surface area (Å²) in [5.41, 5.74) is 25.7. The highest BCUT2D eigenvalue weighted by Crippen LogP contribution is 2.48. The molecule has 0 amide bonds. The Morgan fingerprint density at radius 1 is 0.482 bits per heavy atom. The van der Waals surface area contributed by atoms with E-state index in [0.29, 0.717) is 0 Å². The van der Waals surface area contributed by atoms with Gasteiger partial charge in [0.1, 0.15) is 23.0 Å². The van der Waals surface area contributed by atoms with Crippen molar-refractivity contribution in [1.82, 2.24) is 0 Å².